The highest BCUT2D eigenvalue weighted by Crippen LogP contribution is 2.71. The molecule has 0 saturated heterocycles. The van der Waals surface area contributed by atoms with Gasteiger partial charge in [-0.3, -0.25) is 0 Å². The van der Waals surface area contributed by atoms with E-state index in [0.29, 0.717) is 4.91 Å². The van der Waals surface area contributed by atoms with E-state index < -0.39 is 39.2 Å². The minimum absolute atomic E-state index is 0.0405. The molecule has 2 unspecified atom stereocenters. The number of allylic oxidation sites excluding steroid dienone is 5. The maximum Gasteiger partial charge on any atom is 0.380 e. The standard InChI is InChI=1S/C18H14F6N2S/c1-8-5-11-13-12(16(19,20)18(23,24)17(13,21)22)10-6-9(7-25)26(4)14(10,2)15(11,3)27-8/h5-6H,1-4H3. The topological polar surface area (TPSA) is 27.0 Å². The minimum atomic E-state index is -5.56. The van der Waals surface area contributed by atoms with Crippen LogP contribution in [0.2, 0.25) is 0 Å². The number of likely N-dealkylation sites (N-methyl/N-ethyl adjacent to an activating group) is 1. The van der Waals surface area contributed by atoms with Crippen molar-refractivity contribution in [1.29, 1.82) is 5.26 Å². The molecule has 0 spiro atoms. The van der Waals surface area contributed by atoms with E-state index >= 15 is 0 Å². The molecule has 0 aromatic heterocycles. The summed E-state index contributed by atoms with van der Waals surface area (Å²) >= 11 is 1.15. The second-order valence-corrected chi connectivity index (χ2v) is 9.13. The smallest absolute Gasteiger partial charge is 0.355 e. The van der Waals surface area contributed by atoms with Crippen LogP contribution in [0.5, 0.6) is 0 Å². The van der Waals surface area contributed by atoms with Gasteiger partial charge in [-0.1, -0.05) is 0 Å². The Hall–Kier alpha value is -1.82. The molecule has 1 fully saturated rings. The largest absolute Gasteiger partial charge is 0.380 e. The molecule has 4 aliphatic rings. The number of hydrogen-bond donors (Lipinski definition) is 0. The van der Waals surface area contributed by atoms with Crippen LogP contribution < -0.4 is 0 Å². The van der Waals surface area contributed by atoms with E-state index in [0.717, 1.165) is 17.8 Å². The Morgan fingerprint density at radius 3 is 2.00 bits per heavy atom. The molecule has 0 amide bonds. The third-order valence-electron chi connectivity index (χ3n) is 6.31. The van der Waals surface area contributed by atoms with Crippen molar-refractivity contribution in [3.8, 4) is 6.07 Å². The lowest BCUT2D eigenvalue weighted by Crippen LogP contribution is -2.58. The van der Waals surface area contributed by atoms with Crippen molar-refractivity contribution < 1.29 is 26.3 Å². The summed E-state index contributed by atoms with van der Waals surface area (Å²) in [5, 5.41) is 9.35. The number of fused-ring (bicyclic) bond motifs is 4. The lowest BCUT2D eigenvalue weighted by Gasteiger charge is -2.51. The fourth-order valence-corrected chi connectivity index (χ4v) is 6.19. The summed E-state index contributed by atoms with van der Waals surface area (Å²) in [6.07, 6.45) is 2.32. The van der Waals surface area contributed by atoms with Crippen LogP contribution in [0, 0.1) is 11.3 Å². The first-order valence-corrected chi connectivity index (χ1v) is 8.88. The van der Waals surface area contributed by atoms with Crippen LogP contribution in [-0.4, -0.2) is 40.0 Å². The lowest BCUT2D eigenvalue weighted by molar-refractivity contribution is -0.258. The van der Waals surface area contributed by atoms with Crippen LogP contribution >= 0.6 is 11.8 Å². The Bertz CT molecular complexity index is 967. The van der Waals surface area contributed by atoms with E-state index in [1.165, 1.54) is 24.9 Å². The van der Waals surface area contributed by atoms with Gasteiger partial charge in [0.05, 0.1) is 10.3 Å². The monoisotopic (exact) mass is 404 g/mol. The molecule has 0 N–H and O–H groups in total. The highest BCUT2D eigenvalue weighted by molar-refractivity contribution is 8.05. The van der Waals surface area contributed by atoms with Crippen molar-refractivity contribution in [3.63, 3.8) is 0 Å². The highest BCUT2D eigenvalue weighted by atomic mass is 32.2. The highest BCUT2D eigenvalue weighted by Gasteiger charge is 2.84. The van der Waals surface area contributed by atoms with Crippen molar-refractivity contribution >= 4 is 11.8 Å². The molecule has 27 heavy (non-hydrogen) atoms. The molecule has 2 aliphatic carbocycles. The first-order valence-electron chi connectivity index (χ1n) is 8.06. The Kier molecular flexibility index (Phi) is 3.15. The number of nitriles is 1. The molecule has 4 rings (SSSR count). The molecule has 0 radical (unpaired) electrons. The van der Waals surface area contributed by atoms with Gasteiger partial charge in [0.1, 0.15) is 11.8 Å². The van der Waals surface area contributed by atoms with Gasteiger partial charge in [-0.15, -0.1) is 11.8 Å². The van der Waals surface area contributed by atoms with Crippen LogP contribution in [-0.2, 0) is 0 Å². The number of hydrogen-bond acceptors (Lipinski definition) is 3. The Balaban J connectivity index is 2.23. The molecular formula is C18H14F6N2S. The van der Waals surface area contributed by atoms with E-state index in [9.17, 15) is 31.6 Å². The molecule has 0 aromatic rings. The number of rotatable bonds is 0. The number of nitrogens with zero attached hydrogens (tertiary/aromatic N) is 2. The fraction of sp³-hybridized carbons (Fsp3) is 0.500. The number of thioether (sulfide) groups is 1. The lowest BCUT2D eigenvalue weighted by atomic mass is 9.67. The van der Waals surface area contributed by atoms with Crippen molar-refractivity contribution in [2.75, 3.05) is 7.05 Å². The molecule has 2 atom stereocenters. The third-order valence-corrected chi connectivity index (χ3v) is 7.78. The molecule has 144 valence electrons. The van der Waals surface area contributed by atoms with Gasteiger partial charge >= 0.3 is 17.8 Å². The van der Waals surface area contributed by atoms with E-state index in [-0.39, 0.29) is 16.8 Å². The SMILES string of the molecule is CC1=CC2=C3C(=C4C=C(C#N)N(C)C4(C)C2(C)S1)C(F)(F)C(F)(F)C3(F)F. The third kappa shape index (κ3) is 1.60. The van der Waals surface area contributed by atoms with Crippen LogP contribution in [0.1, 0.15) is 20.8 Å². The normalized spacial score (nSPS) is 37.6. The van der Waals surface area contributed by atoms with Gasteiger partial charge in [0.15, 0.2) is 0 Å². The molecule has 0 aromatic carbocycles. The van der Waals surface area contributed by atoms with E-state index in [2.05, 4.69) is 0 Å². The molecule has 0 bridgehead atoms. The Morgan fingerprint density at radius 1 is 0.963 bits per heavy atom. The van der Waals surface area contributed by atoms with Crippen LogP contribution in [0.15, 0.2) is 45.0 Å². The quantitative estimate of drug-likeness (QED) is 0.530. The number of alkyl halides is 6. The van der Waals surface area contributed by atoms with Gasteiger partial charge in [-0.05, 0) is 49.0 Å². The average molecular weight is 404 g/mol. The van der Waals surface area contributed by atoms with Gasteiger partial charge in [0.25, 0.3) is 0 Å². The molecule has 2 nitrogen and oxygen atoms in total. The van der Waals surface area contributed by atoms with E-state index in [4.69, 9.17) is 0 Å². The maximum absolute atomic E-state index is 14.7. The van der Waals surface area contributed by atoms with Crippen molar-refractivity contribution in [1.82, 2.24) is 4.90 Å². The second-order valence-electron chi connectivity index (χ2n) is 7.46. The summed E-state index contributed by atoms with van der Waals surface area (Å²) in [7, 11) is 1.48. The summed E-state index contributed by atoms with van der Waals surface area (Å²) in [5.74, 6) is -15.7. The van der Waals surface area contributed by atoms with Gasteiger partial charge < -0.3 is 4.90 Å². The van der Waals surface area contributed by atoms with Crippen molar-refractivity contribution in [2.45, 2.75) is 48.8 Å². The summed E-state index contributed by atoms with van der Waals surface area (Å²) in [6.45, 7) is 4.71. The molecule has 2 aliphatic heterocycles. The summed E-state index contributed by atoms with van der Waals surface area (Å²) in [6, 6.07) is 1.84. The number of halogens is 6. The van der Waals surface area contributed by atoms with Crippen molar-refractivity contribution in [3.05, 3.63) is 45.0 Å². The zero-order chi connectivity index (χ0) is 20.4. The molecular weight excluding hydrogens is 390 g/mol. The summed E-state index contributed by atoms with van der Waals surface area (Å²) in [5.41, 5.74) is -4.64. The second kappa shape index (κ2) is 4.59. The zero-order valence-electron chi connectivity index (χ0n) is 14.7. The maximum atomic E-state index is 14.7. The van der Waals surface area contributed by atoms with Gasteiger partial charge in [-0.2, -0.15) is 31.6 Å². The zero-order valence-corrected chi connectivity index (χ0v) is 15.5. The van der Waals surface area contributed by atoms with Gasteiger partial charge in [0, 0.05) is 18.2 Å². The predicted octanol–water partition coefficient (Wildman–Crippen LogP) is 5.03. The average Bonchev–Trinajstić information content (AvgIpc) is 3.03. The molecule has 2 heterocycles. The van der Waals surface area contributed by atoms with Crippen molar-refractivity contribution in [2.24, 2.45) is 0 Å². The van der Waals surface area contributed by atoms with Crippen LogP contribution in [0.25, 0.3) is 0 Å². The Morgan fingerprint density at radius 2 is 1.48 bits per heavy atom. The fourth-order valence-electron chi connectivity index (χ4n) is 4.65. The van der Waals surface area contributed by atoms with E-state index in [1.807, 2.05) is 6.07 Å². The molecule has 1 saturated carbocycles. The van der Waals surface area contributed by atoms with Crippen LogP contribution in [0.3, 0.4) is 0 Å². The van der Waals surface area contributed by atoms with Crippen LogP contribution in [0.4, 0.5) is 26.3 Å². The summed E-state index contributed by atoms with van der Waals surface area (Å²) in [4.78, 5) is 1.96. The first-order chi connectivity index (χ1) is 12.2. The first kappa shape index (κ1) is 18.5. The Labute approximate surface area is 155 Å². The summed E-state index contributed by atoms with van der Waals surface area (Å²) < 4.78 is 86.1. The molecule has 9 heteroatoms. The van der Waals surface area contributed by atoms with E-state index in [1.54, 1.807) is 13.8 Å². The predicted molar refractivity (Wildman–Crippen MR) is 88.5 cm³/mol. The minimum Gasteiger partial charge on any atom is -0.355 e. The van der Waals surface area contributed by atoms with Gasteiger partial charge in [0.2, 0.25) is 0 Å². The van der Waals surface area contributed by atoms with Gasteiger partial charge in [-0.25, -0.2) is 0 Å².